The lowest BCUT2D eigenvalue weighted by atomic mass is 10.2. The van der Waals surface area contributed by atoms with Gasteiger partial charge >= 0.3 is 0 Å². The smallest absolute Gasteiger partial charge is 0.191 e. The van der Waals surface area contributed by atoms with E-state index in [9.17, 15) is 5.11 Å². The molecule has 5 aromatic rings. The van der Waals surface area contributed by atoms with Crippen molar-refractivity contribution in [2.75, 3.05) is 5.75 Å². The molecule has 0 bridgehead atoms. The normalized spacial score (nSPS) is 12.6. The van der Waals surface area contributed by atoms with Gasteiger partial charge in [0.05, 0.1) is 19.2 Å². The van der Waals surface area contributed by atoms with Crippen molar-refractivity contribution in [3.63, 3.8) is 0 Å². The highest BCUT2D eigenvalue weighted by Crippen LogP contribution is 2.29. The molecule has 0 aliphatic rings. The summed E-state index contributed by atoms with van der Waals surface area (Å²) in [5, 5.41) is 22.8. The average molecular weight is 429 g/mol. The summed E-state index contributed by atoms with van der Waals surface area (Å²) in [5.41, 5.74) is 3.50. The first-order chi connectivity index (χ1) is 15.2. The van der Waals surface area contributed by atoms with Crippen LogP contribution in [0.4, 0.5) is 0 Å². The fourth-order valence-electron chi connectivity index (χ4n) is 4.05. The topological polar surface area (TPSA) is 55.9 Å². The molecule has 0 spiro atoms. The van der Waals surface area contributed by atoms with Gasteiger partial charge in [-0.1, -0.05) is 78.5 Å². The van der Waals surface area contributed by atoms with Crippen LogP contribution in [0.25, 0.3) is 21.8 Å². The van der Waals surface area contributed by atoms with Gasteiger partial charge in [-0.25, -0.2) is 0 Å². The highest BCUT2D eigenvalue weighted by Gasteiger charge is 2.16. The van der Waals surface area contributed by atoms with Gasteiger partial charge in [0.15, 0.2) is 5.16 Å². The predicted octanol–water partition coefficient (Wildman–Crippen LogP) is 4.90. The largest absolute Gasteiger partial charge is 0.390 e. The minimum absolute atomic E-state index is 0.508. The van der Waals surface area contributed by atoms with Crippen molar-refractivity contribution in [2.24, 2.45) is 0 Å². The zero-order chi connectivity index (χ0) is 21.2. The molecule has 1 N–H and O–H groups in total. The van der Waals surface area contributed by atoms with Crippen molar-refractivity contribution in [3.05, 3.63) is 90.3 Å². The van der Waals surface area contributed by atoms with E-state index < -0.39 is 6.10 Å². The van der Waals surface area contributed by atoms with E-state index in [2.05, 4.69) is 67.9 Å². The fourth-order valence-corrected chi connectivity index (χ4v) is 4.95. The first-order valence-electron chi connectivity index (χ1n) is 10.4. The lowest BCUT2D eigenvalue weighted by Crippen LogP contribution is -2.19. The number of benzene rings is 3. The molecule has 0 radical (unpaired) electrons. The van der Waals surface area contributed by atoms with Gasteiger partial charge in [0.2, 0.25) is 0 Å². The lowest BCUT2D eigenvalue weighted by molar-refractivity contribution is 0.181. The number of hydrogen-bond donors (Lipinski definition) is 1. The van der Waals surface area contributed by atoms with Gasteiger partial charge in [-0.05, 0) is 24.6 Å². The monoisotopic (exact) mass is 428 g/mol. The van der Waals surface area contributed by atoms with E-state index in [1.807, 2.05) is 37.3 Å². The van der Waals surface area contributed by atoms with Crippen LogP contribution in [-0.2, 0) is 13.1 Å². The van der Waals surface area contributed by atoms with Crippen LogP contribution < -0.4 is 0 Å². The number of fused-ring (bicyclic) bond motifs is 3. The molecule has 5 rings (SSSR count). The predicted molar refractivity (Wildman–Crippen MR) is 126 cm³/mol. The number of hydrogen-bond acceptors (Lipinski definition) is 4. The summed E-state index contributed by atoms with van der Waals surface area (Å²) in [5.74, 6) is 1.43. The third-order valence-electron chi connectivity index (χ3n) is 5.56. The van der Waals surface area contributed by atoms with Gasteiger partial charge in [-0.2, -0.15) is 0 Å². The Kier molecular flexibility index (Phi) is 5.49. The van der Waals surface area contributed by atoms with Crippen LogP contribution >= 0.6 is 11.8 Å². The first kappa shape index (κ1) is 19.8. The Morgan fingerprint density at radius 1 is 0.806 bits per heavy atom. The van der Waals surface area contributed by atoms with E-state index >= 15 is 0 Å². The number of rotatable bonds is 7. The van der Waals surface area contributed by atoms with Gasteiger partial charge in [0.25, 0.3) is 0 Å². The number of aliphatic hydroxyl groups excluding tert-OH is 1. The van der Waals surface area contributed by atoms with Crippen LogP contribution in [0.2, 0.25) is 0 Å². The number of thioether (sulfide) groups is 1. The van der Waals surface area contributed by atoms with Crippen LogP contribution in [0.5, 0.6) is 0 Å². The SMILES string of the molecule is Cc1nnc(SCC(O)Cn2c3ccccc3c3ccccc32)n1Cc1ccccc1. The Hall–Kier alpha value is -3.09. The molecule has 2 aromatic heterocycles. The number of nitrogens with zero attached hydrogens (tertiary/aromatic N) is 4. The van der Waals surface area contributed by atoms with Crippen LogP contribution in [0.15, 0.2) is 84.0 Å². The third-order valence-corrected chi connectivity index (χ3v) is 6.67. The first-order valence-corrected chi connectivity index (χ1v) is 11.4. The van der Waals surface area contributed by atoms with E-state index in [4.69, 9.17) is 0 Å². The summed E-state index contributed by atoms with van der Waals surface area (Å²) in [6, 6.07) is 27.0. The molecule has 0 saturated heterocycles. The van der Waals surface area contributed by atoms with Crippen molar-refractivity contribution in [1.29, 1.82) is 0 Å². The van der Waals surface area contributed by atoms with Crippen molar-refractivity contribution in [2.45, 2.75) is 31.3 Å². The molecule has 0 aliphatic heterocycles. The molecule has 1 atom stereocenters. The summed E-state index contributed by atoms with van der Waals surface area (Å²) in [6.07, 6.45) is -0.508. The van der Waals surface area contributed by atoms with Crippen LogP contribution in [0.1, 0.15) is 11.4 Å². The molecule has 0 aliphatic carbocycles. The molecule has 0 amide bonds. The Balaban J connectivity index is 1.34. The molecule has 2 heterocycles. The maximum Gasteiger partial charge on any atom is 0.191 e. The molecular formula is C25H24N4OS. The standard InChI is InChI=1S/C25H24N4OS/c1-18-26-27-25(28(18)15-19-9-3-2-4-10-19)31-17-20(30)16-29-23-13-7-5-11-21(23)22-12-6-8-14-24(22)29/h2-14,20,30H,15-17H2,1H3. The third kappa shape index (κ3) is 3.96. The van der Waals surface area contributed by atoms with Crippen LogP contribution in [0, 0.1) is 6.92 Å². The van der Waals surface area contributed by atoms with Crippen molar-refractivity contribution in [3.8, 4) is 0 Å². The maximum atomic E-state index is 10.9. The summed E-state index contributed by atoms with van der Waals surface area (Å²) < 4.78 is 4.32. The maximum absolute atomic E-state index is 10.9. The summed E-state index contributed by atoms with van der Waals surface area (Å²) >= 11 is 1.55. The molecule has 156 valence electrons. The van der Waals surface area contributed by atoms with Crippen LogP contribution in [-0.4, -0.2) is 36.3 Å². The second-order valence-electron chi connectivity index (χ2n) is 7.71. The van der Waals surface area contributed by atoms with Gasteiger partial charge in [0.1, 0.15) is 5.82 Å². The quantitative estimate of drug-likeness (QED) is 0.375. The van der Waals surface area contributed by atoms with Crippen molar-refractivity contribution < 1.29 is 5.11 Å². The molecule has 31 heavy (non-hydrogen) atoms. The summed E-state index contributed by atoms with van der Waals surface area (Å²) in [6.45, 7) is 3.23. The lowest BCUT2D eigenvalue weighted by Gasteiger charge is -2.14. The molecule has 3 aromatic carbocycles. The Morgan fingerprint density at radius 2 is 1.42 bits per heavy atom. The molecule has 0 saturated carbocycles. The Morgan fingerprint density at radius 3 is 2.10 bits per heavy atom. The van der Waals surface area contributed by atoms with E-state index in [0.717, 1.165) is 28.6 Å². The van der Waals surface area contributed by atoms with Crippen LogP contribution in [0.3, 0.4) is 0 Å². The Bertz CT molecular complexity index is 1270. The van der Waals surface area contributed by atoms with E-state index in [1.54, 1.807) is 11.8 Å². The molecule has 6 heteroatoms. The molecule has 1 unspecified atom stereocenters. The Labute approximate surface area is 185 Å². The number of para-hydroxylation sites is 2. The summed E-state index contributed by atoms with van der Waals surface area (Å²) in [4.78, 5) is 0. The van der Waals surface area contributed by atoms with Gasteiger partial charge in [0, 0.05) is 27.6 Å². The highest BCUT2D eigenvalue weighted by atomic mass is 32.2. The zero-order valence-electron chi connectivity index (χ0n) is 17.3. The zero-order valence-corrected chi connectivity index (χ0v) is 18.2. The van der Waals surface area contributed by atoms with E-state index in [0.29, 0.717) is 12.3 Å². The highest BCUT2D eigenvalue weighted by molar-refractivity contribution is 7.99. The molecule has 0 fully saturated rings. The molecule has 5 nitrogen and oxygen atoms in total. The second-order valence-corrected chi connectivity index (χ2v) is 8.70. The van der Waals surface area contributed by atoms with Crippen molar-refractivity contribution >= 4 is 33.6 Å². The average Bonchev–Trinajstić information content (AvgIpc) is 3.31. The minimum atomic E-state index is -0.508. The second kappa shape index (κ2) is 8.57. The van der Waals surface area contributed by atoms with E-state index in [1.165, 1.54) is 16.3 Å². The summed E-state index contributed by atoms with van der Waals surface area (Å²) in [7, 11) is 0. The number of aliphatic hydroxyl groups is 1. The number of aromatic nitrogens is 4. The minimum Gasteiger partial charge on any atom is -0.390 e. The van der Waals surface area contributed by atoms with Gasteiger partial charge in [-0.15, -0.1) is 10.2 Å². The van der Waals surface area contributed by atoms with E-state index in [-0.39, 0.29) is 0 Å². The molecular weight excluding hydrogens is 404 g/mol. The number of aryl methyl sites for hydroxylation is 1. The fraction of sp³-hybridized carbons (Fsp3) is 0.200. The van der Waals surface area contributed by atoms with Gasteiger partial charge < -0.3 is 14.2 Å². The van der Waals surface area contributed by atoms with Gasteiger partial charge in [-0.3, -0.25) is 0 Å². The van der Waals surface area contributed by atoms with Crippen molar-refractivity contribution in [1.82, 2.24) is 19.3 Å².